The van der Waals surface area contributed by atoms with Gasteiger partial charge in [0.25, 0.3) is 0 Å². The molecule has 0 radical (unpaired) electrons. The maximum atomic E-state index is 6.34. The molecule has 3 fully saturated rings. The molecule has 0 spiro atoms. The molecule has 0 N–H and O–H groups in total. The molecule has 2 unspecified atom stereocenters. The van der Waals surface area contributed by atoms with E-state index in [1.54, 1.807) is 0 Å². The predicted molar refractivity (Wildman–Crippen MR) is 166 cm³/mol. The van der Waals surface area contributed by atoms with Gasteiger partial charge in [-0.25, -0.2) is 0 Å². The third-order valence-corrected chi connectivity index (χ3v) is 11.1. The summed E-state index contributed by atoms with van der Waals surface area (Å²) in [5.41, 5.74) is 3.36. The average molecular weight is 545 g/mol. The monoisotopic (exact) mass is 544 g/mol. The van der Waals surface area contributed by atoms with E-state index >= 15 is 0 Å². The number of fused-ring (bicyclic) bond motifs is 5. The number of hydrogen-bond donors (Lipinski definition) is 0. The summed E-state index contributed by atoms with van der Waals surface area (Å²) < 4.78 is 0. The zero-order valence-electron chi connectivity index (χ0n) is 24.8. The van der Waals surface area contributed by atoms with Gasteiger partial charge in [0.05, 0.1) is 6.04 Å². The van der Waals surface area contributed by atoms with Crippen molar-refractivity contribution in [2.24, 2.45) is 16.7 Å². The van der Waals surface area contributed by atoms with E-state index in [-0.39, 0.29) is 6.04 Å². The molecular formula is C36H49ClN2. The van der Waals surface area contributed by atoms with E-state index in [1.807, 2.05) is 0 Å². The maximum absolute atomic E-state index is 6.34. The number of rotatable bonds is 10. The first kappa shape index (κ1) is 28.7. The van der Waals surface area contributed by atoms with Crippen LogP contribution in [0.4, 0.5) is 0 Å². The van der Waals surface area contributed by atoms with Crippen LogP contribution in [-0.4, -0.2) is 35.0 Å². The fourth-order valence-corrected chi connectivity index (χ4v) is 8.44. The van der Waals surface area contributed by atoms with Gasteiger partial charge in [-0.1, -0.05) is 120 Å². The van der Waals surface area contributed by atoms with Gasteiger partial charge in [0, 0.05) is 43.2 Å². The van der Waals surface area contributed by atoms with Gasteiger partial charge in [-0.15, -0.1) is 5.92 Å². The molecule has 5 rings (SSSR count). The van der Waals surface area contributed by atoms with Crippen LogP contribution in [0.1, 0.15) is 103 Å². The molecule has 3 heteroatoms. The van der Waals surface area contributed by atoms with Gasteiger partial charge in [-0.2, -0.15) is 0 Å². The van der Waals surface area contributed by atoms with Crippen LogP contribution >= 0.6 is 11.6 Å². The van der Waals surface area contributed by atoms with Gasteiger partial charge in [-0.3, -0.25) is 9.80 Å². The molecule has 1 aliphatic heterocycles. The van der Waals surface area contributed by atoms with E-state index in [9.17, 15) is 0 Å². The lowest BCUT2D eigenvalue weighted by Gasteiger charge is -2.54. The quantitative estimate of drug-likeness (QED) is 0.217. The summed E-state index contributed by atoms with van der Waals surface area (Å²) in [7, 11) is 0. The lowest BCUT2D eigenvalue weighted by atomic mass is 9.68. The molecule has 1 heterocycles. The van der Waals surface area contributed by atoms with E-state index in [4.69, 9.17) is 11.6 Å². The highest BCUT2D eigenvalue weighted by Crippen LogP contribution is 2.68. The summed E-state index contributed by atoms with van der Waals surface area (Å²) in [5, 5.41) is 0.802. The molecule has 1 saturated heterocycles. The highest BCUT2D eigenvalue weighted by atomic mass is 35.5. The van der Waals surface area contributed by atoms with Crippen molar-refractivity contribution in [3.63, 3.8) is 0 Å². The van der Waals surface area contributed by atoms with E-state index < -0.39 is 0 Å². The first-order valence-corrected chi connectivity index (χ1v) is 16.0. The van der Waals surface area contributed by atoms with Gasteiger partial charge >= 0.3 is 0 Å². The summed E-state index contributed by atoms with van der Waals surface area (Å²) in [4.78, 5) is 5.65. The van der Waals surface area contributed by atoms with Crippen molar-refractivity contribution >= 4 is 11.6 Å². The second-order valence-electron chi connectivity index (χ2n) is 13.2. The standard InChI is InChI=1S/C36H49ClN2/c1-5-6-7-8-9-10-11-15-18-32(29-19-21-30(37)22-20-29)39-26-25-38(27-28-16-13-12-14-17-28)34-33(39)31-23-24-36(34,4)35(31,2)3/h12-14,16-17,19-22,31-34H,5-11,23-27H2,1-4H3/t31-,32-,33?,34?,36+/m1/s1. The van der Waals surface area contributed by atoms with Gasteiger partial charge in [-0.05, 0) is 59.3 Å². The Labute approximate surface area is 243 Å². The number of halogens is 1. The van der Waals surface area contributed by atoms with Crippen LogP contribution in [0.15, 0.2) is 54.6 Å². The van der Waals surface area contributed by atoms with Gasteiger partial charge in [0.1, 0.15) is 0 Å². The zero-order valence-corrected chi connectivity index (χ0v) is 25.5. The molecule has 2 bridgehead atoms. The Balaban J connectivity index is 1.42. The van der Waals surface area contributed by atoms with E-state index in [0.717, 1.165) is 31.1 Å². The zero-order chi connectivity index (χ0) is 27.5. The summed E-state index contributed by atoms with van der Waals surface area (Å²) in [6.45, 7) is 13.2. The number of unbranched alkanes of at least 4 members (excludes halogenated alkanes) is 6. The van der Waals surface area contributed by atoms with Gasteiger partial charge in [0.15, 0.2) is 0 Å². The molecule has 2 aromatic carbocycles. The summed E-state index contributed by atoms with van der Waals surface area (Å²) in [5.74, 6) is 8.17. The molecule has 3 aliphatic rings. The molecule has 0 aromatic heterocycles. The topological polar surface area (TPSA) is 6.48 Å². The lowest BCUT2D eigenvalue weighted by molar-refractivity contribution is -0.0514. The molecule has 5 atom stereocenters. The Hall–Kier alpha value is -1.79. The summed E-state index contributed by atoms with van der Waals surface area (Å²) in [6, 6.07) is 20.9. The fourth-order valence-electron chi connectivity index (χ4n) is 8.31. The van der Waals surface area contributed by atoms with E-state index in [1.165, 1.54) is 62.5 Å². The minimum Gasteiger partial charge on any atom is -0.293 e. The Morgan fingerprint density at radius 2 is 1.64 bits per heavy atom. The second-order valence-corrected chi connectivity index (χ2v) is 13.6. The maximum Gasteiger partial charge on any atom is 0.0974 e. The number of nitrogens with zero attached hydrogens (tertiary/aromatic N) is 2. The molecule has 210 valence electrons. The Kier molecular flexibility index (Phi) is 9.12. The molecule has 39 heavy (non-hydrogen) atoms. The molecular weight excluding hydrogens is 496 g/mol. The van der Waals surface area contributed by atoms with Crippen molar-refractivity contribution in [1.29, 1.82) is 0 Å². The van der Waals surface area contributed by atoms with Gasteiger partial charge < -0.3 is 0 Å². The lowest BCUT2D eigenvalue weighted by Crippen LogP contribution is -2.63. The van der Waals surface area contributed by atoms with Crippen molar-refractivity contribution in [3.8, 4) is 11.8 Å². The third kappa shape index (κ3) is 5.70. The van der Waals surface area contributed by atoms with Crippen molar-refractivity contribution in [3.05, 3.63) is 70.7 Å². The highest BCUT2D eigenvalue weighted by molar-refractivity contribution is 6.30. The van der Waals surface area contributed by atoms with Crippen molar-refractivity contribution < 1.29 is 0 Å². The van der Waals surface area contributed by atoms with Crippen LogP contribution < -0.4 is 0 Å². The van der Waals surface area contributed by atoms with Crippen LogP contribution in [0.3, 0.4) is 0 Å². The van der Waals surface area contributed by atoms with Crippen LogP contribution in [0, 0.1) is 28.6 Å². The molecule has 2 nitrogen and oxygen atoms in total. The molecule has 2 aliphatic carbocycles. The van der Waals surface area contributed by atoms with Gasteiger partial charge in [0.2, 0.25) is 0 Å². The highest BCUT2D eigenvalue weighted by Gasteiger charge is 2.69. The first-order chi connectivity index (χ1) is 18.9. The average Bonchev–Trinajstić information content (AvgIpc) is 3.27. The SMILES string of the molecule is CCCCCCCCC#C[C@H](c1ccc(Cl)cc1)N1CCN(Cc2ccccc2)C2C1[C@H]1CC[C@]2(C)C1(C)C. The predicted octanol–water partition coefficient (Wildman–Crippen LogP) is 9.15. The van der Waals surface area contributed by atoms with Crippen molar-refractivity contribution in [2.75, 3.05) is 13.1 Å². The minimum absolute atomic E-state index is 0.132. The first-order valence-electron chi connectivity index (χ1n) is 15.6. The van der Waals surface area contributed by atoms with Crippen LogP contribution in [-0.2, 0) is 6.54 Å². The molecule has 2 aromatic rings. The fraction of sp³-hybridized carbons (Fsp3) is 0.611. The van der Waals surface area contributed by atoms with Crippen molar-refractivity contribution in [1.82, 2.24) is 9.80 Å². The second kappa shape index (κ2) is 12.4. The van der Waals surface area contributed by atoms with E-state index in [2.05, 4.69) is 104 Å². The molecule has 0 amide bonds. The minimum atomic E-state index is 0.132. The van der Waals surface area contributed by atoms with Crippen molar-refractivity contribution in [2.45, 2.75) is 110 Å². The smallest absolute Gasteiger partial charge is 0.0974 e. The Bertz CT molecular complexity index is 1130. The largest absolute Gasteiger partial charge is 0.293 e. The normalized spacial score (nSPS) is 28.6. The van der Waals surface area contributed by atoms with Crippen LogP contribution in [0.25, 0.3) is 0 Å². The van der Waals surface area contributed by atoms with Crippen LogP contribution in [0.2, 0.25) is 5.02 Å². The number of hydrogen-bond acceptors (Lipinski definition) is 2. The Morgan fingerprint density at radius 1 is 0.923 bits per heavy atom. The summed E-state index contributed by atoms with van der Waals surface area (Å²) >= 11 is 6.34. The number of benzene rings is 2. The Morgan fingerprint density at radius 3 is 2.38 bits per heavy atom. The van der Waals surface area contributed by atoms with Crippen LogP contribution in [0.5, 0.6) is 0 Å². The third-order valence-electron chi connectivity index (χ3n) is 10.8. The summed E-state index contributed by atoms with van der Waals surface area (Å²) in [6.07, 6.45) is 11.6. The van der Waals surface area contributed by atoms with E-state index in [0.29, 0.717) is 28.8 Å². The molecule has 2 saturated carbocycles. The number of piperazine rings is 1.